The summed E-state index contributed by atoms with van der Waals surface area (Å²) in [5.74, 6) is 0. The van der Waals surface area contributed by atoms with Gasteiger partial charge < -0.3 is 18.6 Å². The van der Waals surface area contributed by atoms with Crippen LogP contribution < -0.4 is 0 Å². The van der Waals surface area contributed by atoms with Crippen molar-refractivity contribution in [2.24, 2.45) is 0 Å². The van der Waals surface area contributed by atoms with Gasteiger partial charge >= 0.3 is 0 Å². The maximum atomic E-state index is 6.97. The van der Waals surface area contributed by atoms with Crippen LogP contribution in [-0.2, 0) is 25.2 Å². The third-order valence-corrected chi connectivity index (χ3v) is 12.2. The van der Waals surface area contributed by atoms with Crippen molar-refractivity contribution in [3.05, 3.63) is 48.0 Å². The molecule has 2 heterocycles. The minimum absolute atomic E-state index is 0.0126. The Hall–Kier alpha value is -0.983. The molecule has 2 aliphatic heterocycles. The SMILES string of the molecule is CC[C@@H]1O[C@@H](CC2OC2(C)C)[C@H](O[Si](C)(C)C(C)(C)C)C/C=C\C[C@H]1OCc1ccccc1. The molecule has 0 aliphatic carbocycles. The molecule has 0 amide bonds. The normalized spacial score (nSPS) is 31.3. The van der Waals surface area contributed by atoms with Gasteiger partial charge in [0.15, 0.2) is 8.32 Å². The van der Waals surface area contributed by atoms with E-state index in [1.54, 1.807) is 0 Å². The van der Waals surface area contributed by atoms with E-state index in [2.05, 4.69) is 91.1 Å². The van der Waals surface area contributed by atoms with Crippen LogP contribution in [0.2, 0.25) is 18.1 Å². The Kier molecular flexibility index (Phi) is 8.66. The van der Waals surface area contributed by atoms with Gasteiger partial charge in [0.05, 0.1) is 42.7 Å². The van der Waals surface area contributed by atoms with Gasteiger partial charge in [0.2, 0.25) is 0 Å². The molecule has 186 valence electrons. The molecule has 3 rings (SSSR count). The van der Waals surface area contributed by atoms with Crippen LogP contribution in [-0.4, -0.2) is 44.4 Å². The first kappa shape index (κ1) is 26.6. The maximum Gasteiger partial charge on any atom is 0.192 e. The van der Waals surface area contributed by atoms with Gasteiger partial charge in [-0.1, -0.05) is 70.2 Å². The third kappa shape index (κ3) is 7.25. The second-order valence-corrected chi connectivity index (χ2v) is 16.5. The molecule has 1 aromatic carbocycles. The average molecular weight is 475 g/mol. The fraction of sp³-hybridized carbons (Fsp3) is 0.714. The van der Waals surface area contributed by atoms with Crippen LogP contribution in [0.15, 0.2) is 42.5 Å². The fourth-order valence-electron chi connectivity index (χ4n) is 4.24. The summed E-state index contributed by atoms with van der Waals surface area (Å²) in [6.07, 6.45) is 8.33. The van der Waals surface area contributed by atoms with Crippen molar-refractivity contribution >= 4 is 8.32 Å². The summed E-state index contributed by atoms with van der Waals surface area (Å²) in [6.45, 7) is 18.7. The van der Waals surface area contributed by atoms with Crippen molar-refractivity contribution in [3.8, 4) is 0 Å². The zero-order valence-corrected chi connectivity index (χ0v) is 23.1. The average Bonchev–Trinajstić information content (AvgIpc) is 3.32. The maximum absolute atomic E-state index is 6.97. The largest absolute Gasteiger partial charge is 0.411 e. The number of ether oxygens (including phenoxy) is 3. The van der Waals surface area contributed by atoms with Crippen LogP contribution in [0.25, 0.3) is 0 Å². The van der Waals surface area contributed by atoms with Crippen LogP contribution >= 0.6 is 0 Å². The molecule has 1 aromatic rings. The molecule has 1 fully saturated rings. The highest BCUT2D eigenvalue weighted by molar-refractivity contribution is 6.74. The molecule has 2 aliphatic rings. The summed E-state index contributed by atoms with van der Waals surface area (Å²) in [5.41, 5.74) is 1.13. The van der Waals surface area contributed by atoms with Gasteiger partial charge in [-0.3, -0.25) is 0 Å². The Balaban J connectivity index is 1.78. The fourth-order valence-corrected chi connectivity index (χ4v) is 5.60. The van der Waals surface area contributed by atoms with Crippen molar-refractivity contribution in [1.82, 2.24) is 0 Å². The van der Waals surface area contributed by atoms with E-state index >= 15 is 0 Å². The standard InChI is InChI=1S/C28H46O4Si/c1-9-22-23(29-20-21-15-11-10-12-16-21)17-13-14-18-24(32-33(7,8)27(2,3)4)25(30-22)19-26-28(5,6)31-26/h10-16,22-26H,9,17-20H2,1-8H3/b14-13-/t22-,23+,24+,25-,26?/m0/s1. The van der Waals surface area contributed by atoms with Crippen LogP contribution in [0, 0.1) is 0 Å². The molecule has 4 nitrogen and oxygen atoms in total. The lowest BCUT2D eigenvalue weighted by molar-refractivity contribution is -0.134. The monoisotopic (exact) mass is 474 g/mol. The summed E-state index contributed by atoms with van der Waals surface area (Å²) in [7, 11) is -1.95. The van der Waals surface area contributed by atoms with Crippen molar-refractivity contribution < 1.29 is 18.6 Å². The highest BCUT2D eigenvalue weighted by atomic mass is 28.4. The van der Waals surface area contributed by atoms with Crippen LogP contribution in [0.3, 0.4) is 0 Å². The molecule has 1 unspecified atom stereocenters. The summed E-state index contributed by atoms with van der Waals surface area (Å²) < 4.78 is 26.3. The predicted octanol–water partition coefficient (Wildman–Crippen LogP) is 7.04. The minimum Gasteiger partial charge on any atom is -0.411 e. The summed E-state index contributed by atoms with van der Waals surface area (Å²) in [4.78, 5) is 0. The van der Waals surface area contributed by atoms with Gasteiger partial charge in [-0.25, -0.2) is 0 Å². The topological polar surface area (TPSA) is 40.2 Å². The predicted molar refractivity (Wildman–Crippen MR) is 138 cm³/mol. The van der Waals surface area contributed by atoms with Crippen molar-refractivity contribution in [2.75, 3.05) is 0 Å². The van der Waals surface area contributed by atoms with Gasteiger partial charge in [-0.2, -0.15) is 0 Å². The molecule has 5 atom stereocenters. The molecular formula is C28H46O4Si. The summed E-state index contributed by atoms with van der Waals surface area (Å²) in [5, 5.41) is 0.153. The number of rotatable bonds is 8. The van der Waals surface area contributed by atoms with E-state index in [-0.39, 0.29) is 41.2 Å². The first-order valence-electron chi connectivity index (χ1n) is 12.7. The van der Waals surface area contributed by atoms with Crippen molar-refractivity contribution in [1.29, 1.82) is 0 Å². The number of epoxide rings is 1. The zero-order chi connectivity index (χ0) is 24.3. The Morgan fingerprint density at radius 3 is 2.15 bits per heavy atom. The zero-order valence-electron chi connectivity index (χ0n) is 22.1. The molecule has 0 bridgehead atoms. The summed E-state index contributed by atoms with van der Waals surface area (Å²) in [6, 6.07) is 10.4. The van der Waals surface area contributed by atoms with E-state index in [0.717, 1.165) is 25.7 Å². The van der Waals surface area contributed by atoms with Crippen LogP contribution in [0.1, 0.15) is 72.8 Å². The first-order valence-corrected chi connectivity index (χ1v) is 15.7. The molecule has 0 radical (unpaired) electrons. The molecule has 0 saturated carbocycles. The lowest BCUT2D eigenvalue weighted by Gasteiger charge is -2.42. The minimum atomic E-state index is -1.95. The van der Waals surface area contributed by atoms with E-state index in [0.29, 0.717) is 6.61 Å². The molecule has 0 aromatic heterocycles. The van der Waals surface area contributed by atoms with Gasteiger partial charge in [0.1, 0.15) is 0 Å². The lowest BCUT2D eigenvalue weighted by Crippen LogP contribution is -2.49. The number of hydrogen-bond donors (Lipinski definition) is 0. The third-order valence-electron chi connectivity index (χ3n) is 7.65. The van der Waals surface area contributed by atoms with E-state index in [1.165, 1.54) is 5.56 Å². The van der Waals surface area contributed by atoms with E-state index in [4.69, 9.17) is 18.6 Å². The van der Waals surface area contributed by atoms with E-state index in [9.17, 15) is 0 Å². The Labute approximate surface area is 203 Å². The lowest BCUT2D eigenvalue weighted by atomic mass is 9.99. The number of hydrogen-bond acceptors (Lipinski definition) is 4. The Morgan fingerprint density at radius 2 is 1.61 bits per heavy atom. The van der Waals surface area contributed by atoms with Crippen molar-refractivity contribution in [2.45, 2.75) is 128 Å². The molecule has 0 N–H and O–H groups in total. The molecule has 33 heavy (non-hydrogen) atoms. The van der Waals surface area contributed by atoms with Gasteiger partial charge in [-0.05, 0) is 56.8 Å². The molecule has 1 saturated heterocycles. The van der Waals surface area contributed by atoms with Crippen molar-refractivity contribution in [3.63, 3.8) is 0 Å². The van der Waals surface area contributed by atoms with Crippen LogP contribution in [0.4, 0.5) is 0 Å². The van der Waals surface area contributed by atoms with Gasteiger partial charge in [0, 0.05) is 6.42 Å². The molecule has 0 spiro atoms. The molecule has 5 heteroatoms. The smallest absolute Gasteiger partial charge is 0.192 e. The van der Waals surface area contributed by atoms with Gasteiger partial charge in [0.25, 0.3) is 0 Å². The summed E-state index contributed by atoms with van der Waals surface area (Å²) >= 11 is 0. The highest BCUT2D eigenvalue weighted by Gasteiger charge is 2.51. The van der Waals surface area contributed by atoms with E-state index < -0.39 is 8.32 Å². The second kappa shape index (κ2) is 10.7. The van der Waals surface area contributed by atoms with E-state index in [1.807, 2.05) is 6.07 Å². The Morgan fingerprint density at radius 1 is 1.00 bits per heavy atom. The molecular weight excluding hydrogens is 428 g/mol. The highest BCUT2D eigenvalue weighted by Crippen LogP contribution is 2.42. The quantitative estimate of drug-likeness (QED) is 0.230. The van der Waals surface area contributed by atoms with Gasteiger partial charge in [-0.15, -0.1) is 0 Å². The number of benzene rings is 1. The van der Waals surface area contributed by atoms with Crippen LogP contribution in [0.5, 0.6) is 0 Å². The second-order valence-electron chi connectivity index (χ2n) is 11.8. The Bertz CT molecular complexity index is 768. The first-order chi connectivity index (χ1) is 15.4.